The van der Waals surface area contributed by atoms with Crippen molar-refractivity contribution in [2.75, 3.05) is 49.4 Å². The second-order valence-electron chi connectivity index (χ2n) is 11.4. The Balaban J connectivity index is 1.39. The average molecular weight is 585 g/mol. The van der Waals surface area contributed by atoms with Gasteiger partial charge in [0.05, 0.1) is 61.2 Å². The number of hydrogen-bond donors (Lipinski definition) is 4. The topological polar surface area (TPSA) is 138 Å². The Morgan fingerprint density at radius 3 is 2.23 bits per heavy atom. The van der Waals surface area contributed by atoms with Crippen LogP contribution in [-0.2, 0) is 16.7 Å². The molecule has 1 aliphatic rings. The molecule has 1 fully saturated rings. The van der Waals surface area contributed by atoms with E-state index < -0.39 is 12.1 Å². The molecular formula is C32H36N6O5. The average Bonchev–Trinajstić information content (AvgIpc) is 2.97. The second-order valence-corrected chi connectivity index (χ2v) is 11.4. The summed E-state index contributed by atoms with van der Waals surface area (Å²) >= 11 is 0. The van der Waals surface area contributed by atoms with Gasteiger partial charge in [0, 0.05) is 30.6 Å². The minimum Gasteiger partial charge on any atom is -0.492 e. The minimum atomic E-state index is -1.23. The molecule has 1 aliphatic heterocycles. The van der Waals surface area contributed by atoms with Crippen LogP contribution in [0.25, 0.3) is 22.0 Å². The number of urea groups is 1. The van der Waals surface area contributed by atoms with E-state index in [1.54, 1.807) is 18.3 Å². The number of carbonyl (C=O) groups is 2. The predicted octanol–water partition coefficient (Wildman–Crippen LogP) is 6.17. The number of methoxy groups -OCH3 is 1. The summed E-state index contributed by atoms with van der Waals surface area (Å²) in [5.74, 6) is 0.210. The first-order chi connectivity index (χ1) is 20.6. The van der Waals surface area contributed by atoms with Gasteiger partial charge in [-0.15, -0.1) is 0 Å². The monoisotopic (exact) mass is 584 g/mol. The molecule has 11 heteroatoms. The smallest absolute Gasteiger partial charge is 0.409 e. The first kappa shape index (κ1) is 29.7. The van der Waals surface area contributed by atoms with Gasteiger partial charge in [0.1, 0.15) is 0 Å². The van der Waals surface area contributed by atoms with Crippen LogP contribution < -0.4 is 20.7 Å². The number of hydrogen-bond acceptors (Lipinski definition) is 7. The molecule has 0 saturated carbocycles. The predicted molar refractivity (Wildman–Crippen MR) is 167 cm³/mol. The summed E-state index contributed by atoms with van der Waals surface area (Å²) in [6.45, 7) is 9.95. The summed E-state index contributed by atoms with van der Waals surface area (Å²) < 4.78 is 10.9. The molecule has 4 N–H and O–H groups in total. The highest BCUT2D eigenvalue weighted by molar-refractivity contribution is 6.10. The van der Waals surface area contributed by atoms with Crippen molar-refractivity contribution >= 4 is 40.0 Å². The van der Waals surface area contributed by atoms with Gasteiger partial charge in [0.25, 0.3) is 0 Å². The summed E-state index contributed by atoms with van der Waals surface area (Å²) in [5, 5.41) is 19.3. The van der Waals surface area contributed by atoms with Crippen molar-refractivity contribution in [3.05, 3.63) is 72.2 Å². The van der Waals surface area contributed by atoms with Crippen LogP contribution in [0.15, 0.2) is 60.9 Å². The Labute approximate surface area is 250 Å². The summed E-state index contributed by atoms with van der Waals surface area (Å²) in [5.41, 5.74) is 4.22. The largest absolute Gasteiger partial charge is 0.492 e. The number of anilines is 3. The first-order valence-electron chi connectivity index (χ1n) is 14.1. The Morgan fingerprint density at radius 2 is 1.60 bits per heavy atom. The maximum Gasteiger partial charge on any atom is 0.409 e. The molecule has 0 atom stereocenters. The first-order valence-corrected chi connectivity index (χ1v) is 14.1. The van der Waals surface area contributed by atoms with Crippen LogP contribution in [0, 0.1) is 0 Å². The number of fused-ring (bicyclic) bond motifs is 1. The number of nitrogens with one attached hydrogen (secondary N) is 3. The van der Waals surface area contributed by atoms with E-state index in [2.05, 4.69) is 25.8 Å². The SMILES string of the molecule is COc1c(NC(=O)O)cc(C(C)(C)C)cc1NC(=O)Nc1ccc(-c2cnc(CN3CCOCC3)cn2)c2ccccc12. The molecule has 5 rings (SSSR count). The number of aromatic nitrogens is 2. The van der Waals surface area contributed by atoms with E-state index in [1.165, 1.54) is 7.11 Å². The fourth-order valence-electron chi connectivity index (χ4n) is 5.05. The summed E-state index contributed by atoms with van der Waals surface area (Å²) in [6.07, 6.45) is 2.36. The molecule has 3 aromatic carbocycles. The van der Waals surface area contributed by atoms with Gasteiger partial charge in [-0.2, -0.15) is 0 Å². The Morgan fingerprint density at radius 1 is 0.930 bits per heavy atom. The van der Waals surface area contributed by atoms with Gasteiger partial charge in [-0.1, -0.05) is 51.1 Å². The van der Waals surface area contributed by atoms with Gasteiger partial charge >= 0.3 is 12.1 Å². The third-order valence-electron chi connectivity index (χ3n) is 7.29. The fraction of sp³-hybridized carbons (Fsp3) is 0.312. The molecule has 1 saturated heterocycles. The van der Waals surface area contributed by atoms with E-state index in [0.29, 0.717) is 11.4 Å². The Bertz CT molecular complexity index is 1630. The molecule has 0 aliphatic carbocycles. The summed E-state index contributed by atoms with van der Waals surface area (Å²) in [7, 11) is 1.42. The van der Waals surface area contributed by atoms with Crippen LogP contribution >= 0.6 is 0 Å². The molecule has 0 radical (unpaired) electrons. The third-order valence-corrected chi connectivity index (χ3v) is 7.29. The lowest BCUT2D eigenvalue weighted by Crippen LogP contribution is -2.35. The van der Waals surface area contributed by atoms with E-state index in [4.69, 9.17) is 14.5 Å². The van der Waals surface area contributed by atoms with Crippen LogP contribution in [0.4, 0.5) is 26.7 Å². The standard InChI is InChI=1S/C32H36N6O5/c1-32(2,3)20-15-26(29(42-4)27(16-20)37-31(40)41)36-30(39)35-25-10-9-24(22-7-5-6-8-23(22)25)28-18-33-21(17-34-28)19-38-11-13-43-14-12-38/h5-10,15-18,37H,11-14,19H2,1-4H3,(H,40,41)(H2,35,36,39). The van der Waals surface area contributed by atoms with E-state index in [9.17, 15) is 14.7 Å². The normalized spacial score (nSPS) is 13.9. The lowest BCUT2D eigenvalue weighted by atomic mass is 9.86. The van der Waals surface area contributed by atoms with Gasteiger partial charge in [-0.3, -0.25) is 20.2 Å². The number of ether oxygens (including phenoxy) is 2. The third kappa shape index (κ3) is 7.02. The molecule has 4 aromatic rings. The van der Waals surface area contributed by atoms with Crippen molar-refractivity contribution in [3.63, 3.8) is 0 Å². The van der Waals surface area contributed by atoms with Crippen molar-refractivity contribution in [2.24, 2.45) is 0 Å². The second kappa shape index (κ2) is 12.6. The lowest BCUT2D eigenvalue weighted by molar-refractivity contribution is 0.0336. The van der Waals surface area contributed by atoms with Gasteiger partial charge < -0.3 is 25.2 Å². The van der Waals surface area contributed by atoms with Gasteiger partial charge in [0.15, 0.2) is 5.75 Å². The molecule has 11 nitrogen and oxygen atoms in total. The molecule has 224 valence electrons. The van der Waals surface area contributed by atoms with E-state index in [0.717, 1.165) is 66.1 Å². The summed E-state index contributed by atoms with van der Waals surface area (Å²) in [6, 6.07) is 14.5. The number of rotatable bonds is 7. The number of carboxylic acid groups (broad SMARTS) is 1. The van der Waals surface area contributed by atoms with E-state index >= 15 is 0 Å². The van der Waals surface area contributed by atoms with Crippen LogP contribution in [0.2, 0.25) is 0 Å². The Hall–Kier alpha value is -4.74. The van der Waals surface area contributed by atoms with Crippen LogP contribution in [0.5, 0.6) is 5.75 Å². The highest BCUT2D eigenvalue weighted by Crippen LogP contribution is 2.39. The lowest BCUT2D eigenvalue weighted by Gasteiger charge is -2.25. The number of morpholine rings is 1. The van der Waals surface area contributed by atoms with Crippen molar-refractivity contribution < 1.29 is 24.2 Å². The van der Waals surface area contributed by atoms with Crippen molar-refractivity contribution in [1.29, 1.82) is 0 Å². The van der Waals surface area contributed by atoms with E-state index in [1.807, 2.05) is 63.4 Å². The highest BCUT2D eigenvalue weighted by Gasteiger charge is 2.22. The van der Waals surface area contributed by atoms with Crippen molar-refractivity contribution in [3.8, 4) is 17.0 Å². The summed E-state index contributed by atoms with van der Waals surface area (Å²) in [4.78, 5) is 36.4. The quantitative estimate of drug-likeness (QED) is 0.202. The number of amides is 3. The zero-order valence-corrected chi connectivity index (χ0v) is 24.7. The van der Waals surface area contributed by atoms with Crippen molar-refractivity contribution in [2.45, 2.75) is 32.7 Å². The fourth-order valence-corrected chi connectivity index (χ4v) is 5.05. The molecule has 1 aromatic heterocycles. The molecule has 3 amide bonds. The Kier molecular flexibility index (Phi) is 8.74. The number of benzene rings is 3. The minimum absolute atomic E-state index is 0.210. The van der Waals surface area contributed by atoms with Gasteiger partial charge in [0.2, 0.25) is 0 Å². The maximum atomic E-state index is 13.3. The van der Waals surface area contributed by atoms with E-state index in [-0.39, 0.29) is 16.9 Å². The molecule has 0 spiro atoms. The molecular weight excluding hydrogens is 548 g/mol. The maximum absolute atomic E-state index is 13.3. The molecule has 0 bridgehead atoms. The molecule has 0 unspecified atom stereocenters. The van der Waals surface area contributed by atoms with Crippen LogP contribution in [0.3, 0.4) is 0 Å². The van der Waals surface area contributed by atoms with Crippen molar-refractivity contribution in [1.82, 2.24) is 14.9 Å². The number of nitrogens with zero attached hydrogens (tertiary/aromatic N) is 3. The molecule has 2 heterocycles. The van der Waals surface area contributed by atoms with Gasteiger partial charge in [-0.05, 0) is 34.6 Å². The van der Waals surface area contributed by atoms with Gasteiger partial charge in [-0.25, -0.2) is 9.59 Å². The zero-order chi connectivity index (χ0) is 30.6. The molecule has 43 heavy (non-hydrogen) atoms. The highest BCUT2D eigenvalue weighted by atomic mass is 16.5. The number of carbonyl (C=O) groups excluding carboxylic acids is 1. The van der Waals surface area contributed by atoms with Crippen LogP contribution in [-0.4, -0.2) is 65.5 Å². The zero-order valence-electron chi connectivity index (χ0n) is 24.7. The van der Waals surface area contributed by atoms with Crippen LogP contribution in [0.1, 0.15) is 32.0 Å².